The summed E-state index contributed by atoms with van der Waals surface area (Å²) in [6.45, 7) is 4.55. The Labute approximate surface area is 114 Å². The minimum absolute atomic E-state index is 0.0868. The van der Waals surface area contributed by atoms with Crippen molar-refractivity contribution in [3.63, 3.8) is 0 Å². The van der Waals surface area contributed by atoms with Gasteiger partial charge in [0.25, 0.3) is 0 Å². The molecule has 0 aliphatic heterocycles. The van der Waals surface area contributed by atoms with Gasteiger partial charge in [0.15, 0.2) is 0 Å². The summed E-state index contributed by atoms with van der Waals surface area (Å²) in [5, 5.41) is 5.75. The van der Waals surface area contributed by atoms with Crippen LogP contribution in [0.5, 0.6) is 0 Å². The summed E-state index contributed by atoms with van der Waals surface area (Å²) in [5.74, 6) is -0.427. The molecule has 0 fully saturated rings. The summed E-state index contributed by atoms with van der Waals surface area (Å²) in [5.41, 5.74) is 1.31. The summed E-state index contributed by atoms with van der Waals surface area (Å²) < 4.78 is 13.9. The molecule has 0 heterocycles. The van der Waals surface area contributed by atoms with Crippen LogP contribution in [0.1, 0.15) is 19.4 Å². The molecule has 106 valence electrons. The van der Waals surface area contributed by atoms with Crippen LogP contribution >= 0.6 is 0 Å². The van der Waals surface area contributed by atoms with E-state index in [0.717, 1.165) is 5.56 Å². The van der Waals surface area contributed by atoms with Crippen molar-refractivity contribution < 1.29 is 9.18 Å². The highest BCUT2D eigenvalue weighted by molar-refractivity contribution is 5.81. The predicted octanol–water partition coefficient (Wildman–Crippen LogP) is 1.51. The lowest BCUT2D eigenvalue weighted by Crippen LogP contribution is -2.38. The Kier molecular flexibility index (Phi) is 5.76. The Bertz CT molecular complexity index is 435. The quantitative estimate of drug-likeness (QED) is 0.821. The van der Waals surface area contributed by atoms with E-state index in [1.165, 1.54) is 6.07 Å². The van der Waals surface area contributed by atoms with Crippen LogP contribution in [-0.4, -0.2) is 32.6 Å². The Morgan fingerprint density at radius 3 is 2.63 bits per heavy atom. The molecule has 4 nitrogen and oxygen atoms in total. The first kappa shape index (κ1) is 15.4. The van der Waals surface area contributed by atoms with Gasteiger partial charge in [-0.25, -0.2) is 4.39 Å². The Balaban J connectivity index is 2.71. The molecular weight excluding hydrogens is 245 g/mol. The van der Waals surface area contributed by atoms with Crippen molar-refractivity contribution >= 4 is 11.6 Å². The number of amides is 1. The molecule has 1 aromatic rings. The molecule has 0 atom stereocenters. The molecule has 19 heavy (non-hydrogen) atoms. The second kappa shape index (κ2) is 7.09. The standard InChI is InChI=1S/C14H22FN3O/c1-10(2)17-14(19)9-18(4)13-6-5-11(8-16-3)7-12(13)15/h5-7,10,16H,8-9H2,1-4H3,(H,17,19). The van der Waals surface area contributed by atoms with Gasteiger partial charge in [0, 0.05) is 19.6 Å². The maximum absolute atomic E-state index is 13.9. The van der Waals surface area contributed by atoms with Crippen molar-refractivity contribution in [2.24, 2.45) is 0 Å². The number of nitrogens with one attached hydrogen (secondary N) is 2. The summed E-state index contributed by atoms with van der Waals surface area (Å²) in [4.78, 5) is 13.2. The number of rotatable bonds is 6. The fourth-order valence-corrected chi connectivity index (χ4v) is 1.84. The van der Waals surface area contributed by atoms with Crippen molar-refractivity contribution in [1.82, 2.24) is 10.6 Å². The molecule has 0 saturated heterocycles. The molecule has 5 heteroatoms. The van der Waals surface area contributed by atoms with Crippen LogP contribution in [0, 0.1) is 5.82 Å². The van der Waals surface area contributed by atoms with Crippen LogP contribution in [-0.2, 0) is 11.3 Å². The van der Waals surface area contributed by atoms with E-state index >= 15 is 0 Å². The molecule has 0 saturated carbocycles. The number of hydrogen-bond donors (Lipinski definition) is 2. The lowest BCUT2D eigenvalue weighted by atomic mass is 10.2. The van der Waals surface area contributed by atoms with Gasteiger partial charge in [0.1, 0.15) is 5.82 Å². The van der Waals surface area contributed by atoms with Gasteiger partial charge >= 0.3 is 0 Å². The van der Waals surface area contributed by atoms with E-state index in [4.69, 9.17) is 0 Å². The van der Waals surface area contributed by atoms with Gasteiger partial charge in [0.2, 0.25) is 5.91 Å². The second-order valence-corrected chi connectivity index (χ2v) is 4.89. The maximum atomic E-state index is 13.9. The molecule has 0 radical (unpaired) electrons. The average Bonchev–Trinajstić information content (AvgIpc) is 2.27. The molecular formula is C14H22FN3O. The minimum atomic E-state index is -0.312. The Morgan fingerprint density at radius 2 is 2.11 bits per heavy atom. The van der Waals surface area contributed by atoms with Gasteiger partial charge in [-0.3, -0.25) is 4.79 Å². The third-order valence-corrected chi connectivity index (χ3v) is 2.63. The van der Waals surface area contributed by atoms with Crippen LogP contribution in [0.3, 0.4) is 0 Å². The largest absolute Gasteiger partial charge is 0.363 e. The van der Waals surface area contributed by atoms with Crippen molar-refractivity contribution in [2.45, 2.75) is 26.4 Å². The van der Waals surface area contributed by atoms with Crippen LogP contribution in [0.15, 0.2) is 18.2 Å². The van der Waals surface area contributed by atoms with Gasteiger partial charge in [-0.15, -0.1) is 0 Å². The molecule has 0 unspecified atom stereocenters. The number of carbonyl (C=O) groups is 1. The topological polar surface area (TPSA) is 44.4 Å². The third-order valence-electron chi connectivity index (χ3n) is 2.63. The molecule has 0 bridgehead atoms. The van der Waals surface area contributed by atoms with Gasteiger partial charge in [-0.1, -0.05) is 6.07 Å². The molecule has 2 N–H and O–H groups in total. The van der Waals surface area contributed by atoms with Gasteiger partial charge in [-0.2, -0.15) is 0 Å². The molecule has 0 aliphatic rings. The van der Waals surface area contributed by atoms with Crippen LogP contribution in [0.2, 0.25) is 0 Å². The highest BCUT2D eigenvalue weighted by Gasteiger charge is 2.12. The summed E-state index contributed by atoms with van der Waals surface area (Å²) in [7, 11) is 3.52. The van der Waals surface area contributed by atoms with Crippen LogP contribution in [0.4, 0.5) is 10.1 Å². The van der Waals surface area contributed by atoms with Crippen molar-refractivity contribution in [3.05, 3.63) is 29.6 Å². The maximum Gasteiger partial charge on any atom is 0.239 e. The molecule has 0 spiro atoms. The zero-order valence-electron chi connectivity index (χ0n) is 12.0. The first-order valence-electron chi connectivity index (χ1n) is 6.37. The van der Waals surface area contributed by atoms with Gasteiger partial charge < -0.3 is 15.5 Å². The Morgan fingerprint density at radius 1 is 1.42 bits per heavy atom. The minimum Gasteiger partial charge on any atom is -0.363 e. The number of benzene rings is 1. The first-order valence-corrected chi connectivity index (χ1v) is 6.37. The van der Waals surface area contributed by atoms with Crippen LogP contribution in [0.25, 0.3) is 0 Å². The predicted molar refractivity (Wildman–Crippen MR) is 75.7 cm³/mol. The normalized spacial score (nSPS) is 10.6. The third kappa shape index (κ3) is 4.87. The molecule has 0 aromatic heterocycles. The zero-order chi connectivity index (χ0) is 14.4. The lowest BCUT2D eigenvalue weighted by Gasteiger charge is -2.20. The van der Waals surface area contributed by atoms with E-state index in [9.17, 15) is 9.18 Å². The highest BCUT2D eigenvalue weighted by atomic mass is 19.1. The summed E-state index contributed by atoms with van der Waals surface area (Å²) in [6.07, 6.45) is 0. The second-order valence-electron chi connectivity index (χ2n) is 4.89. The van der Waals surface area contributed by atoms with Crippen molar-refractivity contribution in [2.75, 3.05) is 25.5 Å². The first-order chi connectivity index (χ1) is 8.93. The Hall–Kier alpha value is -1.62. The molecule has 1 amide bonds. The summed E-state index contributed by atoms with van der Waals surface area (Å²) in [6, 6.07) is 5.13. The SMILES string of the molecule is CNCc1ccc(N(C)CC(=O)NC(C)C)c(F)c1. The molecule has 1 aromatic carbocycles. The lowest BCUT2D eigenvalue weighted by molar-refractivity contribution is -0.120. The van der Waals surface area contributed by atoms with E-state index in [1.807, 2.05) is 27.0 Å². The number of anilines is 1. The van der Waals surface area contributed by atoms with Crippen LogP contribution < -0.4 is 15.5 Å². The van der Waals surface area contributed by atoms with E-state index in [2.05, 4.69) is 10.6 Å². The van der Waals surface area contributed by atoms with E-state index < -0.39 is 0 Å². The fraction of sp³-hybridized carbons (Fsp3) is 0.500. The van der Waals surface area contributed by atoms with E-state index in [1.54, 1.807) is 18.0 Å². The number of hydrogen-bond acceptors (Lipinski definition) is 3. The van der Waals surface area contributed by atoms with Gasteiger partial charge in [-0.05, 0) is 38.6 Å². The molecule has 1 rings (SSSR count). The van der Waals surface area contributed by atoms with E-state index in [-0.39, 0.29) is 24.3 Å². The molecule has 0 aliphatic carbocycles. The van der Waals surface area contributed by atoms with E-state index in [0.29, 0.717) is 12.2 Å². The van der Waals surface area contributed by atoms with Crippen molar-refractivity contribution in [1.29, 1.82) is 0 Å². The number of halogens is 1. The highest BCUT2D eigenvalue weighted by Crippen LogP contribution is 2.19. The smallest absolute Gasteiger partial charge is 0.239 e. The fourth-order valence-electron chi connectivity index (χ4n) is 1.84. The number of likely N-dealkylation sites (N-methyl/N-ethyl adjacent to an activating group) is 1. The zero-order valence-corrected chi connectivity index (χ0v) is 12.0. The average molecular weight is 267 g/mol. The number of nitrogens with zero attached hydrogens (tertiary/aromatic N) is 1. The monoisotopic (exact) mass is 267 g/mol. The van der Waals surface area contributed by atoms with Crippen molar-refractivity contribution in [3.8, 4) is 0 Å². The summed E-state index contributed by atoms with van der Waals surface area (Å²) >= 11 is 0. The van der Waals surface area contributed by atoms with Gasteiger partial charge in [0.05, 0.1) is 12.2 Å². The number of carbonyl (C=O) groups excluding carboxylic acids is 1.